The molecule has 0 N–H and O–H groups in total. The molecule has 7 nitrogen and oxygen atoms in total. The Hall–Kier alpha value is -2.80. The lowest BCUT2D eigenvalue weighted by atomic mass is 9.74. The molecule has 3 aliphatic heterocycles. The first kappa shape index (κ1) is 20.1. The van der Waals surface area contributed by atoms with E-state index in [0.717, 1.165) is 39.0 Å². The highest BCUT2D eigenvalue weighted by Gasteiger charge is 2.61. The molecule has 0 bridgehead atoms. The summed E-state index contributed by atoms with van der Waals surface area (Å²) < 4.78 is 0. The third-order valence-corrected chi connectivity index (χ3v) is 7.50. The molecule has 31 heavy (non-hydrogen) atoms. The van der Waals surface area contributed by atoms with Gasteiger partial charge in [0.05, 0.1) is 11.5 Å². The molecule has 0 saturated carbocycles. The second kappa shape index (κ2) is 8.04. The lowest BCUT2D eigenvalue weighted by Crippen LogP contribution is -2.57. The number of rotatable bonds is 4. The summed E-state index contributed by atoms with van der Waals surface area (Å²) in [6.07, 6.45) is 8.73. The Morgan fingerprint density at radius 1 is 1.10 bits per heavy atom. The fourth-order valence-corrected chi connectivity index (χ4v) is 6.06. The zero-order valence-corrected chi connectivity index (χ0v) is 18.0. The molecule has 0 radical (unpaired) electrons. The summed E-state index contributed by atoms with van der Waals surface area (Å²) in [7, 11) is 0. The minimum atomic E-state index is -0.130. The molecule has 1 spiro atoms. The van der Waals surface area contributed by atoms with E-state index < -0.39 is 0 Å². The molecule has 2 atom stereocenters. The fourth-order valence-electron chi connectivity index (χ4n) is 6.06. The van der Waals surface area contributed by atoms with Gasteiger partial charge in [-0.2, -0.15) is 0 Å². The summed E-state index contributed by atoms with van der Waals surface area (Å²) in [5.41, 5.74) is 1.74. The van der Waals surface area contributed by atoms with Gasteiger partial charge in [-0.25, -0.2) is 0 Å². The van der Waals surface area contributed by atoms with E-state index in [4.69, 9.17) is 0 Å². The van der Waals surface area contributed by atoms with Gasteiger partial charge in [-0.1, -0.05) is 6.07 Å². The number of likely N-dealkylation sites (tertiary alicyclic amines) is 3. The van der Waals surface area contributed by atoms with Gasteiger partial charge in [-0.3, -0.25) is 24.5 Å². The zero-order chi connectivity index (χ0) is 21.4. The normalized spacial score (nSPS) is 25.3. The van der Waals surface area contributed by atoms with Crippen molar-refractivity contribution in [3.05, 3.63) is 60.2 Å². The summed E-state index contributed by atoms with van der Waals surface area (Å²) in [6.45, 7) is 6.79. The fraction of sp³-hybridized carbons (Fsp3) is 0.500. The maximum atomic E-state index is 13.3. The average molecular weight is 420 g/mol. The van der Waals surface area contributed by atoms with Gasteiger partial charge in [0.15, 0.2) is 0 Å². The first-order valence-electron chi connectivity index (χ1n) is 11.2. The smallest absolute Gasteiger partial charge is 0.253 e. The minimum absolute atomic E-state index is 0.0609. The molecule has 5 rings (SSSR count). The summed E-state index contributed by atoms with van der Waals surface area (Å²) >= 11 is 0. The SMILES string of the molecule is CCN1C(=O)[C@H]2CN(Cc3cccnc3)C[C@H]2C12CCN(C(=O)c1ccncc1)CC2. The molecule has 0 aliphatic carbocycles. The predicted octanol–water partition coefficient (Wildman–Crippen LogP) is 2.06. The Kier molecular flexibility index (Phi) is 5.22. The van der Waals surface area contributed by atoms with Crippen LogP contribution in [0.5, 0.6) is 0 Å². The van der Waals surface area contributed by atoms with Crippen molar-refractivity contribution in [3.8, 4) is 0 Å². The van der Waals surface area contributed by atoms with Crippen LogP contribution in [0, 0.1) is 11.8 Å². The Morgan fingerprint density at radius 2 is 1.87 bits per heavy atom. The van der Waals surface area contributed by atoms with Crippen molar-refractivity contribution in [2.45, 2.75) is 31.8 Å². The minimum Gasteiger partial charge on any atom is -0.338 e. The highest BCUT2D eigenvalue weighted by atomic mass is 16.2. The van der Waals surface area contributed by atoms with E-state index in [1.165, 1.54) is 5.56 Å². The topological polar surface area (TPSA) is 69.6 Å². The van der Waals surface area contributed by atoms with Gasteiger partial charge in [-0.05, 0) is 43.5 Å². The molecule has 3 aliphatic rings. The molecular weight excluding hydrogens is 390 g/mol. The third kappa shape index (κ3) is 3.41. The molecule has 2 amide bonds. The van der Waals surface area contributed by atoms with E-state index in [-0.39, 0.29) is 17.4 Å². The van der Waals surface area contributed by atoms with Crippen LogP contribution in [0.3, 0.4) is 0 Å². The number of carbonyl (C=O) groups excluding carboxylic acids is 2. The van der Waals surface area contributed by atoms with Crippen LogP contribution in [0.25, 0.3) is 0 Å². The summed E-state index contributed by atoms with van der Waals surface area (Å²) in [5, 5.41) is 0. The number of pyridine rings is 2. The van der Waals surface area contributed by atoms with Gasteiger partial charge in [0.2, 0.25) is 5.91 Å². The zero-order valence-electron chi connectivity index (χ0n) is 18.0. The van der Waals surface area contributed by atoms with Crippen molar-refractivity contribution >= 4 is 11.8 Å². The number of carbonyl (C=O) groups is 2. The molecule has 162 valence electrons. The van der Waals surface area contributed by atoms with Crippen molar-refractivity contribution in [3.63, 3.8) is 0 Å². The van der Waals surface area contributed by atoms with E-state index >= 15 is 0 Å². The molecule has 5 heterocycles. The van der Waals surface area contributed by atoms with Crippen molar-refractivity contribution < 1.29 is 9.59 Å². The Balaban J connectivity index is 1.32. The number of piperidine rings is 1. The Morgan fingerprint density at radius 3 is 2.55 bits per heavy atom. The first-order chi connectivity index (χ1) is 15.1. The monoisotopic (exact) mass is 419 g/mol. The van der Waals surface area contributed by atoms with Gasteiger partial charge in [0.1, 0.15) is 0 Å². The van der Waals surface area contributed by atoms with Crippen molar-refractivity contribution in [1.29, 1.82) is 0 Å². The molecule has 0 aromatic carbocycles. The number of hydrogen-bond donors (Lipinski definition) is 0. The van der Waals surface area contributed by atoms with E-state index in [2.05, 4.69) is 32.8 Å². The summed E-state index contributed by atoms with van der Waals surface area (Å²) in [6, 6.07) is 7.61. The lowest BCUT2D eigenvalue weighted by molar-refractivity contribution is -0.135. The van der Waals surface area contributed by atoms with E-state index in [0.29, 0.717) is 30.5 Å². The Labute approximate surface area is 183 Å². The van der Waals surface area contributed by atoms with E-state index in [1.807, 2.05) is 17.2 Å². The number of fused-ring (bicyclic) bond motifs is 2. The molecule has 3 saturated heterocycles. The van der Waals surface area contributed by atoms with E-state index in [9.17, 15) is 9.59 Å². The number of amides is 2. The van der Waals surface area contributed by atoms with Crippen LogP contribution in [0.1, 0.15) is 35.7 Å². The average Bonchev–Trinajstić information content (AvgIpc) is 3.32. The first-order valence-corrected chi connectivity index (χ1v) is 11.2. The molecular formula is C24H29N5O2. The summed E-state index contributed by atoms with van der Waals surface area (Å²) in [4.78, 5) is 41.0. The van der Waals surface area contributed by atoms with Crippen LogP contribution < -0.4 is 0 Å². The van der Waals surface area contributed by atoms with Crippen molar-refractivity contribution in [2.24, 2.45) is 11.8 Å². The van der Waals surface area contributed by atoms with Gasteiger partial charge in [0, 0.05) is 75.5 Å². The maximum absolute atomic E-state index is 13.3. The van der Waals surface area contributed by atoms with Crippen LogP contribution >= 0.6 is 0 Å². The quantitative estimate of drug-likeness (QED) is 0.759. The standard InChI is InChI=1S/C24H29N5O2/c1-2-29-23(31)20-16-27(15-18-4-3-9-26-14-18)17-21(20)24(29)7-12-28(13-8-24)22(30)19-5-10-25-11-6-19/h3-6,9-11,14,20-21H,2,7-8,12-13,15-17H2,1H3/t20-,21+/m0/s1. The van der Waals surface area contributed by atoms with E-state index in [1.54, 1.807) is 30.7 Å². The van der Waals surface area contributed by atoms with Crippen LogP contribution in [-0.4, -0.2) is 74.7 Å². The predicted molar refractivity (Wildman–Crippen MR) is 116 cm³/mol. The second-order valence-corrected chi connectivity index (χ2v) is 8.98. The number of nitrogens with zero attached hydrogens (tertiary/aromatic N) is 5. The van der Waals surface area contributed by atoms with Crippen LogP contribution in [0.2, 0.25) is 0 Å². The van der Waals surface area contributed by atoms with Crippen molar-refractivity contribution in [1.82, 2.24) is 24.7 Å². The number of aromatic nitrogens is 2. The van der Waals surface area contributed by atoms with Gasteiger partial charge in [0.25, 0.3) is 5.91 Å². The lowest BCUT2D eigenvalue weighted by Gasteiger charge is -2.47. The van der Waals surface area contributed by atoms with Crippen molar-refractivity contribution in [2.75, 3.05) is 32.7 Å². The van der Waals surface area contributed by atoms with Gasteiger partial charge < -0.3 is 9.80 Å². The molecule has 7 heteroatoms. The van der Waals surface area contributed by atoms with Crippen LogP contribution in [0.4, 0.5) is 0 Å². The maximum Gasteiger partial charge on any atom is 0.253 e. The second-order valence-electron chi connectivity index (χ2n) is 8.98. The van der Waals surface area contributed by atoms with Crippen LogP contribution in [-0.2, 0) is 11.3 Å². The number of hydrogen-bond acceptors (Lipinski definition) is 5. The molecule has 3 fully saturated rings. The van der Waals surface area contributed by atoms with Crippen LogP contribution in [0.15, 0.2) is 49.1 Å². The largest absolute Gasteiger partial charge is 0.338 e. The molecule has 0 unspecified atom stereocenters. The molecule has 2 aromatic heterocycles. The highest BCUT2D eigenvalue weighted by Crippen LogP contribution is 2.49. The summed E-state index contributed by atoms with van der Waals surface area (Å²) in [5.74, 6) is 0.759. The third-order valence-electron chi connectivity index (χ3n) is 7.50. The highest BCUT2D eigenvalue weighted by molar-refractivity contribution is 5.94. The molecule has 2 aromatic rings. The Bertz CT molecular complexity index is 943. The van der Waals surface area contributed by atoms with Gasteiger partial charge >= 0.3 is 0 Å². The van der Waals surface area contributed by atoms with Gasteiger partial charge in [-0.15, -0.1) is 0 Å².